The molecule has 23 heavy (non-hydrogen) atoms. The summed E-state index contributed by atoms with van der Waals surface area (Å²) >= 11 is 5.73. The Morgan fingerprint density at radius 3 is 2.74 bits per heavy atom. The van der Waals surface area contributed by atoms with Crippen molar-refractivity contribution in [2.24, 2.45) is 5.92 Å². The largest absolute Gasteiger partial charge is 0.444 e. The highest BCUT2D eigenvalue weighted by molar-refractivity contribution is 6.30. The second kappa shape index (κ2) is 6.87. The molecule has 1 amide bonds. The van der Waals surface area contributed by atoms with E-state index in [1.54, 1.807) is 32.9 Å². The lowest BCUT2D eigenvalue weighted by molar-refractivity contribution is -0.121. The summed E-state index contributed by atoms with van der Waals surface area (Å²) in [4.78, 5) is 25.9. The number of likely N-dealkylation sites (tertiary alicyclic amines) is 1. The quantitative estimate of drug-likeness (QED) is 0.839. The van der Waals surface area contributed by atoms with Gasteiger partial charge in [0.15, 0.2) is 0 Å². The molecule has 1 aromatic rings. The van der Waals surface area contributed by atoms with E-state index in [1.165, 1.54) is 11.0 Å². The first-order valence-electron chi connectivity index (χ1n) is 7.61. The number of rotatable bonds is 3. The van der Waals surface area contributed by atoms with Crippen LogP contribution in [0.25, 0.3) is 0 Å². The Morgan fingerprint density at radius 2 is 2.09 bits per heavy atom. The van der Waals surface area contributed by atoms with Crippen molar-refractivity contribution in [1.82, 2.24) is 4.90 Å². The van der Waals surface area contributed by atoms with Crippen molar-refractivity contribution in [2.75, 3.05) is 13.1 Å². The summed E-state index contributed by atoms with van der Waals surface area (Å²) in [5.41, 5.74) is -0.276. The summed E-state index contributed by atoms with van der Waals surface area (Å²) in [6.45, 7) is 6.18. The zero-order valence-electron chi connectivity index (χ0n) is 13.6. The number of carbonyl (C=O) groups excluding carboxylic acids is 2. The topological polar surface area (TPSA) is 46.6 Å². The van der Waals surface area contributed by atoms with Gasteiger partial charge in [0.1, 0.15) is 17.2 Å². The summed E-state index contributed by atoms with van der Waals surface area (Å²) in [5, 5.41) is 0.0112. The lowest BCUT2D eigenvalue weighted by Gasteiger charge is -2.24. The van der Waals surface area contributed by atoms with Crippen LogP contribution in [0.4, 0.5) is 9.18 Å². The van der Waals surface area contributed by atoms with Gasteiger partial charge in [0.2, 0.25) is 0 Å². The average Bonchev–Trinajstić information content (AvgIpc) is 2.92. The first-order valence-corrected chi connectivity index (χ1v) is 7.98. The molecule has 1 atom stereocenters. The fourth-order valence-corrected chi connectivity index (χ4v) is 2.73. The van der Waals surface area contributed by atoms with Gasteiger partial charge in [-0.1, -0.05) is 23.7 Å². The van der Waals surface area contributed by atoms with Gasteiger partial charge in [0.25, 0.3) is 0 Å². The van der Waals surface area contributed by atoms with Crippen LogP contribution in [0.2, 0.25) is 5.02 Å². The van der Waals surface area contributed by atoms with Gasteiger partial charge in [-0.25, -0.2) is 9.18 Å². The number of ether oxygens (including phenoxy) is 1. The number of hydrogen-bond acceptors (Lipinski definition) is 3. The average molecular weight is 342 g/mol. The Balaban J connectivity index is 1.95. The molecule has 0 aromatic heterocycles. The van der Waals surface area contributed by atoms with Gasteiger partial charge in [0, 0.05) is 25.4 Å². The van der Waals surface area contributed by atoms with E-state index in [2.05, 4.69) is 0 Å². The van der Waals surface area contributed by atoms with Crippen molar-refractivity contribution < 1.29 is 18.7 Å². The lowest BCUT2D eigenvalue weighted by atomic mass is 9.97. The van der Waals surface area contributed by atoms with Gasteiger partial charge in [-0.2, -0.15) is 0 Å². The van der Waals surface area contributed by atoms with Gasteiger partial charge in [-0.15, -0.1) is 0 Å². The van der Waals surface area contributed by atoms with Crippen LogP contribution in [0.15, 0.2) is 18.2 Å². The maximum Gasteiger partial charge on any atom is 0.410 e. The minimum absolute atomic E-state index is 0.0112. The smallest absolute Gasteiger partial charge is 0.410 e. The number of hydrogen-bond donors (Lipinski definition) is 0. The van der Waals surface area contributed by atoms with Gasteiger partial charge < -0.3 is 9.64 Å². The van der Waals surface area contributed by atoms with E-state index in [-0.39, 0.29) is 23.1 Å². The fourth-order valence-electron chi connectivity index (χ4n) is 2.53. The lowest BCUT2D eigenvalue weighted by Crippen LogP contribution is -2.36. The molecule has 1 heterocycles. The van der Waals surface area contributed by atoms with Crippen LogP contribution in [0.1, 0.15) is 32.8 Å². The van der Waals surface area contributed by atoms with Crippen LogP contribution in [0.3, 0.4) is 0 Å². The summed E-state index contributed by atoms with van der Waals surface area (Å²) < 4.78 is 19.2. The highest BCUT2D eigenvalue weighted by atomic mass is 35.5. The van der Waals surface area contributed by atoms with E-state index in [0.29, 0.717) is 25.1 Å². The molecular formula is C17H21ClFNO3. The molecule has 1 fully saturated rings. The molecule has 0 saturated carbocycles. The SMILES string of the molecule is CC(C)(C)OC(=O)N1CCC(C(=O)Cc2cccc(Cl)c2F)C1. The molecule has 6 heteroatoms. The third kappa shape index (κ3) is 4.67. The van der Waals surface area contributed by atoms with Crippen molar-refractivity contribution in [3.05, 3.63) is 34.6 Å². The van der Waals surface area contributed by atoms with Gasteiger partial charge in [-0.05, 0) is 38.8 Å². The monoisotopic (exact) mass is 341 g/mol. The number of ketones is 1. The number of carbonyl (C=O) groups is 2. The second-order valence-electron chi connectivity index (χ2n) is 6.77. The van der Waals surface area contributed by atoms with E-state index < -0.39 is 17.5 Å². The number of halogens is 2. The summed E-state index contributed by atoms with van der Waals surface area (Å²) in [5.74, 6) is -0.928. The third-order valence-corrected chi connectivity index (χ3v) is 3.98. The Hall–Kier alpha value is -1.62. The highest BCUT2D eigenvalue weighted by Crippen LogP contribution is 2.24. The van der Waals surface area contributed by atoms with Crippen molar-refractivity contribution in [2.45, 2.75) is 39.2 Å². The maximum atomic E-state index is 13.9. The van der Waals surface area contributed by atoms with Gasteiger partial charge in [-0.3, -0.25) is 4.79 Å². The van der Waals surface area contributed by atoms with Crippen molar-refractivity contribution >= 4 is 23.5 Å². The third-order valence-electron chi connectivity index (χ3n) is 3.69. The molecule has 1 aliphatic heterocycles. The minimum atomic E-state index is -0.566. The second-order valence-corrected chi connectivity index (χ2v) is 7.18. The van der Waals surface area contributed by atoms with E-state index in [0.717, 1.165) is 0 Å². The Morgan fingerprint density at radius 1 is 1.39 bits per heavy atom. The molecule has 1 aromatic carbocycles. The van der Waals surface area contributed by atoms with E-state index >= 15 is 0 Å². The number of amides is 1. The maximum absolute atomic E-state index is 13.9. The summed E-state index contributed by atoms with van der Waals surface area (Å²) in [6.07, 6.45) is 0.140. The first kappa shape index (κ1) is 17.7. The zero-order valence-corrected chi connectivity index (χ0v) is 14.3. The highest BCUT2D eigenvalue weighted by Gasteiger charge is 2.33. The van der Waals surface area contributed by atoms with Crippen LogP contribution in [-0.4, -0.2) is 35.5 Å². The number of benzene rings is 1. The Bertz CT molecular complexity index is 612. The van der Waals surface area contributed by atoms with Crippen LogP contribution >= 0.6 is 11.6 Å². The molecule has 0 aliphatic carbocycles. The molecule has 126 valence electrons. The van der Waals surface area contributed by atoms with E-state index in [1.807, 2.05) is 0 Å². The molecule has 0 spiro atoms. The normalized spacial score (nSPS) is 18.1. The molecule has 4 nitrogen and oxygen atoms in total. The fraction of sp³-hybridized carbons (Fsp3) is 0.529. The summed E-state index contributed by atoms with van der Waals surface area (Å²) in [6, 6.07) is 4.63. The van der Waals surface area contributed by atoms with E-state index in [4.69, 9.17) is 16.3 Å². The van der Waals surface area contributed by atoms with Crippen LogP contribution in [-0.2, 0) is 16.0 Å². The standard InChI is InChI=1S/C17H21ClFNO3/c1-17(2,3)23-16(22)20-8-7-12(10-20)14(21)9-11-5-4-6-13(18)15(11)19/h4-6,12H,7-10H2,1-3H3. The van der Waals surface area contributed by atoms with Gasteiger partial charge in [0.05, 0.1) is 5.02 Å². The number of Topliss-reactive ketones (excluding diaryl/α,β-unsaturated/α-hetero) is 1. The summed E-state index contributed by atoms with van der Waals surface area (Å²) in [7, 11) is 0. The molecule has 0 N–H and O–H groups in total. The molecule has 0 bridgehead atoms. The van der Waals surface area contributed by atoms with Gasteiger partial charge >= 0.3 is 6.09 Å². The van der Waals surface area contributed by atoms with Crippen molar-refractivity contribution in [3.8, 4) is 0 Å². The molecular weight excluding hydrogens is 321 g/mol. The van der Waals surface area contributed by atoms with Crippen molar-refractivity contribution in [1.29, 1.82) is 0 Å². The van der Waals surface area contributed by atoms with Crippen molar-refractivity contribution in [3.63, 3.8) is 0 Å². The Kier molecular flexibility index (Phi) is 5.30. The predicted molar refractivity (Wildman–Crippen MR) is 86.0 cm³/mol. The predicted octanol–water partition coefficient (Wildman–Crippen LogP) is 3.85. The Labute approximate surface area is 140 Å². The molecule has 1 saturated heterocycles. The zero-order chi connectivity index (χ0) is 17.2. The molecule has 0 radical (unpaired) electrons. The van der Waals surface area contributed by atoms with Crippen LogP contribution in [0.5, 0.6) is 0 Å². The molecule has 1 aliphatic rings. The molecule has 1 unspecified atom stereocenters. The number of nitrogens with zero attached hydrogens (tertiary/aromatic N) is 1. The van der Waals surface area contributed by atoms with Crippen LogP contribution in [0, 0.1) is 11.7 Å². The molecule has 2 rings (SSSR count). The first-order chi connectivity index (χ1) is 10.7. The van der Waals surface area contributed by atoms with Crippen LogP contribution < -0.4 is 0 Å². The minimum Gasteiger partial charge on any atom is -0.444 e. The van der Waals surface area contributed by atoms with E-state index in [9.17, 15) is 14.0 Å².